The second-order valence-electron chi connectivity index (χ2n) is 6.72. The maximum absolute atomic E-state index is 13.4. The number of carbonyl (C=O) groups is 1. The minimum absolute atomic E-state index is 0.217. The van der Waals surface area contributed by atoms with E-state index in [0.717, 1.165) is 17.8 Å². The molecular formula is C18H19F3N2OS. The van der Waals surface area contributed by atoms with Crippen molar-refractivity contribution in [3.05, 3.63) is 40.9 Å². The molecule has 1 aliphatic heterocycles. The van der Waals surface area contributed by atoms with Gasteiger partial charge in [-0.1, -0.05) is 44.2 Å². The summed E-state index contributed by atoms with van der Waals surface area (Å²) in [4.78, 5) is 17.8. The number of carbonyl (C=O) groups excluding carboxylic acids is 1. The molecule has 2 heterocycles. The number of alkyl halides is 3. The Morgan fingerprint density at radius 3 is 2.32 bits per heavy atom. The highest BCUT2D eigenvalue weighted by molar-refractivity contribution is 7.17. The number of halogens is 3. The first-order valence-electron chi connectivity index (χ1n) is 8.18. The van der Waals surface area contributed by atoms with Crippen LogP contribution >= 0.6 is 11.3 Å². The highest BCUT2D eigenvalue weighted by Crippen LogP contribution is 2.38. The molecule has 3 rings (SSSR count). The molecule has 0 bridgehead atoms. The summed E-state index contributed by atoms with van der Waals surface area (Å²) in [5.41, 5.74) is -0.496. The fourth-order valence-electron chi connectivity index (χ4n) is 3.33. The summed E-state index contributed by atoms with van der Waals surface area (Å²) in [6.07, 6.45) is -3.67. The zero-order valence-electron chi connectivity index (χ0n) is 14.0. The molecule has 3 nitrogen and oxygen atoms in total. The normalized spacial score (nSPS) is 21.4. The molecule has 0 spiro atoms. The van der Waals surface area contributed by atoms with Crippen molar-refractivity contribution in [1.29, 1.82) is 0 Å². The number of nitrogens with zero attached hydrogens (tertiary/aromatic N) is 2. The summed E-state index contributed by atoms with van der Waals surface area (Å²) >= 11 is 0.821. The van der Waals surface area contributed by atoms with Crippen molar-refractivity contribution in [1.82, 2.24) is 9.88 Å². The van der Waals surface area contributed by atoms with Crippen LogP contribution in [0.3, 0.4) is 0 Å². The van der Waals surface area contributed by atoms with Crippen LogP contribution in [0.25, 0.3) is 10.6 Å². The third-order valence-electron chi connectivity index (χ3n) is 4.27. The third kappa shape index (κ3) is 3.86. The molecule has 0 saturated carbocycles. The van der Waals surface area contributed by atoms with Gasteiger partial charge in [-0.15, -0.1) is 11.3 Å². The van der Waals surface area contributed by atoms with E-state index in [9.17, 15) is 18.0 Å². The molecule has 2 unspecified atom stereocenters. The van der Waals surface area contributed by atoms with Gasteiger partial charge in [-0.3, -0.25) is 4.79 Å². The van der Waals surface area contributed by atoms with Crippen LogP contribution in [-0.4, -0.2) is 28.9 Å². The predicted octanol–water partition coefficient (Wildman–Crippen LogP) is 4.95. The van der Waals surface area contributed by atoms with E-state index in [0.29, 0.717) is 18.7 Å². The number of likely N-dealkylation sites (tertiary alicyclic amines) is 1. The Kier molecular flexibility index (Phi) is 4.86. The highest BCUT2D eigenvalue weighted by Gasteiger charge is 2.41. The van der Waals surface area contributed by atoms with Gasteiger partial charge in [0.15, 0.2) is 5.69 Å². The molecule has 1 aromatic carbocycles. The molecule has 1 aromatic heterocycles. The van der Waals surface area contributed by atoms with E-state index in [-0.39, 0.29) is 21.7 Å². The summed E-state index contributed by atoms with van der Waals surface area (Å²) in [5, 5.41) is 0.217. The minimum Gasteiger partial charge on any atom is -0.337 e. The number of amides is 1. The van der Waals surface area contributed by atoms with Crippen LogP contribution in [0.2, 0.25) is 0 Å². The molecule has 1 amide bonds. The van der Waals surface area contributed by atoms with Gasteiger partial charge in [-0.05, 0) is 18.3 Å². The number of rotatable bonds is 2. The van der Waals surface area contributed by atoms with Crippen LogP contribution in [0.4, 0.5) is 13.2 Å². The number of piperidine rings is 1. The molecule has 134 valence electrons. The molecule has 0 aliphatic carbocycles. The molecule has 2 atom stereocenters. The van der Waals surface area contributed by atoms with Crippen molar-refractivity contribution >= 4 is 17.2 Å². The standard InChI is InChI=1S/C18H19F3N2OS/c1-11-8-12(2)10-23(9-11)17(24)14-15(18(19,20)21)22-16(25-14)13-6-4-3-5-7-13/h3-7,11-12H,8-10H2,1-2H3. The van der Waals surface area contributed by atoms with Crippen LogP contribution in [0.5, 0.6) is 0 Å². The van der Waals surface area contributed by atoms with Crippen molar-refractivity contribution in [3.8, 4) is 10.6 Å². The summed E-state index contributed by atoms with van der Waals surface area (Å²) in [6.45, 7) is 5.00. The SMILES string of the molecule is CC1CC(C)CN(C(=O)c2sc(-c3ccccc3)nc2C(F)(F)F)C1. The largest absolute Gasteiger partial charge is 0.435 e. The lowest BCUT2D eigenvalue weighted by atomic mass is 9.92. The Morgan fingerprint density at radius 2 is 1.76 bits per heavy atom. The average Bonchev–Trinajstić information content (AvgIpc) is 2.99. The van der Waals surface area contributed by atoms with Gasteiger partial charge in [-0.2, -0.15) is 13.2 Å². The van der Waals surface area contributed by atoms with Crippen molar-refractivity contribution in [2.45, 2.75) is 26.4 Å². The number of thiazole rings is 1. The Balaban J connectivity index is 1.99. The van der Waals surface area contributed by atoms with E-state index in [4.69, 9.17) is 0 Å². The second-order valence-corrected chi connectivity index (χ2v) is 7.72. The van der Waals surface area contributed by atoms with E-state index in [2.05, 4.69) is 4.98 Å². The van der Waals surface area contributed by atoms with Crippen molar-refractivity contribution in [3.63, 3.8) is 0 Å². The van der Waals surface area contributed by atoms with Crippen LogP contribution in [0, 0.1) is 11.8 Å². The van der Waals surface area contributed by atoms with E-state index in [1.54, 1.807) is 30.3 Å². The molecule has 1 aliphatic rings. The lowest BCUT2D eigenvalue weighted by Gasteiger charge is -2.34. The number of aromatic nitrogens is 1. The molecule has 25 heavy (non-hydrogen) atoms. The van der Waals surface area contributed by atoms with Gasteiger partial charge in [0, 0.05) is 18.7 Å². The van der Waals surface area contributed by atoms with Crippen LogP contribution in [0.15, 0.2) is 30.3 Å². The summed E-state index contributed by atoms with van der Waals surface area (Å²) < 4.78 is 40.3. The summed E-state index contributed by atoms with van der Waals surface area (Å²) in [6, 6.07) is 8.64. The number of hydrogen-bond donors (Lipinski definition) is 0. The van der Waals surface area contributed by atoms with Gasteiger partial charge >= 0.3 is 6.18 Å². The Hall–Kier alpha value is -1.89. The molecule has 7 heteroatoms. The van der Waals surface area contributed by atoms with Crippen molar-refractivity contribution in [2.75, 3.05) is 13.1 Å². The first-order valence-corrected chi connectivity index (χ1v) is 9.00. The average molecular weight is 368 g/mol. The van der Waals surface area contributed by atoms with Gasteiger partial charge in [0.25, 0.3) is 5.91 Å². The molecule has 1 fully saturated rings. The lowest BCUT2D eigenvalue weighted by Crippen LogP contribution is -2.42. The van der Waals surface area contributed by atoms with E-state index in [1.807, 2.05) is 13.8 Å². The van der Waals surface area contributed by atoms with Gasteiger partial charge in [0.2, 0.25) is 0 Å². The van der Waals surface area contributed by atoms with Gasteiger partial charge in [0.05, 0.1) is 0 Å². The van der Waals surface area contributed by atoms with Gasteiger partial charge in [-0.25, -0.2) is 4.98 Å². The highest BCUT2D eigenvalue weighted by atomic mass is 32.1. The van der Waals surface area contributed by atoms with Crippen molar-refractivity contribution < 1.29 is 18.0 Å². The second kappa shape index (κ2) is 6.78. The van der Waals surface area contributed by atoms with Crippen LogP contribution in [-0.2, 0) is 6.18 Å². The maximum atomic E-state index is 13.4. The molecule has 2 aromatic rings. The fraction of sp³-hybridized carbons (Fsp3) is 0.444. The quantitative estimate of drug-likeness (QED) is 0.752. The van der Waals surface area contributed by atoms with E-state index < -0.39 is 17.8 Å². The van der Waals surface area contributed by atoms with Crippen molar-refractivity contribution in [2.24, 2.45) is 11.8 Å². The predicted molar refractivity (Wildman–Crippen MR) is 91.4 cm³/mol. The van der Waals surface area contributed by atoms with Crippen LogP contribution in [0.1, 0.15) is 35.6 Å². The monoisotopic (exact) mass is 368 g/mol. The summed E-state index contributed by atoms with van der Waals surface area (Å²) in [7, 11) is 0. The molecule has 1 saturated heterocycles. The molecule has 0 N–H and O–H groups in total. The Morgan fingerprint density at radius 1 is 1.16 bits per heavy atom. The Labute approximate surface area is 148 Å². The zero-order valence-corrected chi connectivity index (χ0v) is 14.8. The molecule has 0 radical (unpaired) electrons. The Bertz CT molecular complexity index is 747. The first kappa shape index (κ1) is 17.9. The van der Waals surface area contributed by atoms with Crippen LogP contribution < -0.4 is 0 Å². The topological polar surface area (TPSA) is 33.2 Å². The van der Waals surface area contributed by atoms with Gasteiger partial charge < -0.3 is 4.90 Å². The number of hydrogen-bond acceptors (Lipinski definition) is 3. The number of benzene rings is 1. The van der Waals surface area contributed by atoms with E-state index in [1.165, 1.54) is 4.90 Å². The maximum Gasteiger partial charge on any atom is 0.435 e. The first-order chi connectivity index (χ1) is 11.8. The summed E-state index contributed by atoms with van der Waals surface area (Å²) in [5.74, 6) is -0.00231. The smallest absolute Gasteiger partial charge is 0.337 e. The zero-order chi connectivity index (χ0) is 18.2. The fourth-order valence-corrected chi connectivity index (χ4v) is 4.39. The molecular weight excluding hydrogens is 349 g/mol. The van der Waals surface area contributed by atoms with E-state index >= 15 is 0 Å². The lowest BCUT2D eigenvalue weighted by molar-refractivity contribution is -0.141. The minimum atomic E-state index is -4.65. The van der Waals surface area contributed by atoms with Gasteiger partial charge in [0.1, 0.15) is 9.88 Å². The third-order valence-corrected chi connectivity index (χ3v) is 5.36.